The number of aromatic nitrogens is 3. The van der Waals surface area contributed by atoms with E-state index in [2.05, 4.69) is 15.4 Å². The lowest BCUT2D eigenvalue weighted by Crippen LogP contribution is -2.25. The van der Waals surface area contributed by atoms with E-state index in [0.717, 1.165) is 15.8 Å². The van der Waals surface area contributed by atoms with Crippen molar-refractivity contribution < 1.29 is 9.72 Å². The number of hydrogen-bond donors (Lipinski definition) is 1. The molecule has 3 aromatic rings. The van der Waals surface area contributed by atoms with Crippen LogP contribution in [0.4, 0.5) is 10.9 Å². The highest BCUT2D eigenvalue weighted by Gasteiger charge is 2.21. The van der Waals surface area contributed by atoms with Crippen molar-refractivity contribution in [1.82, 2.24) is 14.8 Å². The Labute approximate surface area is 147 Å². The second-order valence-corrected chi connectivity index (χ2v) is 6.99. The van der Waals surface area contributed by atoms with Gasteiger partial charge in [0, 0.05) is 0 Å². The maximum absolute atomic E-state index is 12.4. The summed E-state index contributed by atoms with van der Waals surface area (Å²) < 4.78 is 2.49. The molecule has 0 saturated heterocycles. The van der Waals surface area contributed by atoms with Gasteiger partial charge < -0.3 is 15.4 Å². The number of amides is 1. The Kier molecular flexibility index (Phi) is 4.49. The Morgan fingerprint density at radius 1 is 1.40 bits per heavy atom. The molecule has 1 atom stereocenters. The van der Waals surface area contributed by atoms with Crippen LogP contribution in [0.15, 0.2) is 24.3 Å². The highest BCUT2D eigenvalue weighted by Crippen LogP contribution is 2.27. The molecule has 0 aliphatic carbocycles. The van der Waals surface area contributed by atoms with E-state index in [9.17, 15) is 14.9 Å². The fraction of sp³-hybridized carbons (Fsp3) is 0.312. The molecule has 0 aliphatic rings. The third kappa shape index (κ3) is 3.66. The number of anilines is 1. The summed E-state index contributed by atoms with van der Waals surface area (Å²) in [5.41, 5.74) is 2.62. The standard InChI is InChI=1S/C16H17N5O3S/c1-9-4-5-12-13(6-9)25-16(17-12)18-15(22)10(2)8-20-11(3)7-14(19-20)21(23)24/h4-7,10H,8H2,1-3H3,(H,17,18,22)/t10-/m0/s1. The molecule has 0 aliphatic heterocycles. The molecule has 0 saturated carbocycles. The zero-order valence-corrected chi connectivity index (χ0v) is 14.8. The van der Waals surface area contributed by atoms with Crippen LogP contribution >= 0.6 is 11.3 Å². The molecule has 1 amide bonds. The average Bonchev–Trinajstić information content (AvgIpc) is 3.10. The number of nitrogens with zero attached hydrogens (tertiary/aromatic N) is 4. The monoisotopic (exact) mass is 359 g/mol. The van der Waals surface area contributed by atoms with Crippen LogP contribution in [0, 0.1) is 29.9 Å². The molecular formula is C16H17N5O3S. The van der Waals surface area contributed by atoms with E-state index in [-0.39, 0.29) is 18.3 Å². The smallest absolute Gasteiger partial charge is 0.358 e. The van der Waals surface area contributed by atoms with E-state index in [1.54, 1.807) is 13.8 Å². The van der Waals surface area contributed by atoms with Crippen molar-refractivity contribution in [2.45, 2.75) is 27.3 Å². The summed E-state index contributed by atoms with van der Waals surface area (Å²) in [6, 6.07) is 7.31. The van der Waals surface area contributed by atoms with Gasteiger partial charge in [-0.1, -0.05) is 24.3 Å². The SMILES string of the molecule is Cc1ccc2nc(NC(=O)[C@@H](C)Cn3nc([N+](=O)[O-])cc3C)sc2c1. The molecule has 2 heterocycles. The Morgan fingerprint density at radius 2 is 2.16 bits per heavy atom. The first-order chi connectivity index (χ1) is 11.8. The third-order valence-electron chi connectivity index (χ3n) is 3.82. The molecule has 3 rings (SSSR count). The molecule has 25 heavy (non-hydrogen) atoms. The van der Waals surface area contributed by atoms with E-state index >= 15 is 0 Å². The highest BCUT2D eigenvalue weighted by molar-refractivity contribution is 7.22. The largest absolute Gasteiger partial charge is 0.390 e. The Bertz CT molecular complexity index is 962. The van der Waals surface area contributed by atoms with E-state index in [1.807, 2.05) is 25.1 Å². The zero-order valence-electron chi connectivity index (χ0n) is 14.0. The minimum atomic E-state index is -0.544. The predicted octanol–water partition coefficient (Wildman–Crippen LogP) is 3.29. The fourth-order valence-electron chi connectivity index (χ4n) is 2.42. The molecule has 9 heteroatoms. The molecule has 2 aromatic heterocycles. The molecule has 0 unspecified atom stereocenters. The summed E-state index contributed by atoms with van der Waals surface area (Å²) >= 11 is 1.42. The van der Waals surface area contributed by atoms with Crippen molar-refractivity contribution in [2.24, 2.45) is 5.92 Å². The summed E-state index contributed by atoms with van der Waals surface area (Å²) in [5.74, 6) is -0.827. The molecule has 130 valence electrons. The molecular weight excluding hydrogens is 342 g/mol. The van der Waals surface area contributed by atoms with Crippen molar-refractivity contribution in [1.29, 1.82) is 0 Å². The number of hydrogen-bond acceptors (Lipinski definition) is 6. The normalized spacial score (nSPS) is 12.3. The Morgan fingerprint density at radius 3 is 2.84 bits per heavy atom. The van der Waals surface area contributed by atoms with Crippen LogP contribution in [0.3, 0.4) is 0 Å². The van der Waals surface area contributed by atoms with Crippen LogP contribution in [-0.2, 0) is 11.3 Å². The summed E-state index contributed by atoms with van der Waals surface area (Å²) in [6.45, 7) is 5.74. The van der Waals surface area contributed by atoms with Gasteiger partial charge in [0.2, 0.25) is 5.91 Å². The number of thiazole rings is 1. The topological polar surface area (TPSA) is 103 Å². The average molecular weight is 359 g/mol. The van der Waals surface area contributed by atoms with Crippen molar-refractivity contribution in [3.8, 4) is 0 Å². The number of benzene rings is 1. The number of aryl methyl sites for hydroxylation is 2. The lowest BCUT2D eigenvalue weighted by Gasteiger charge is -2.09. The summed E-state index contributed by atoms with van der Waals surface area (Å²) in [5, 5.41) is 18.0. The van der Waals surface area contributed by atoms with Crippen molar-refractivity contribution in [3.63, 3.8) is 0 Å². The Balaban J connectivity index is 1.70. The summed E-state index contributed by atoms with van der Waals surface area (Å²) in [7, 11) is 0. The van der Waals surface area contributed by atoms with Gasteiger partial charge in [-0.2, -0.15) is 4.68 Å². The van der Waals surface area contributed by atoms with Crippen molar-refractivity contribution in [3.05, 3.63) is 45.6 Å². The predicted molar refractivity (Wildman–Crippen MR) is 95.8 cm³/mol. The van der Waals surface area contributed by atoms with Gasteiger partial charge in [0.25, 0.3) is 0 Å². The van der Waals surface area contributed by atoms with E-state index in [4.69, 9.17) is 0 Å². The van der Waals surface area contributed by atoms with Gasteiger partial charge in [0.15, 0.2) is 5.13 Å². The minimum absolute atomic E-state index is 0.201. The van der Waals surface area contributed by atoms with Crippen LogP contribution in [0.25, 0.3) is 10.2 Å². The van der Waals surface area contributed by atoms with Crippen molar-refractivity contribution >= 4 is 38.4 Å². The van der Waals surface area contributed by atoms with Crippen LogP contribution in [0.5, 0.6) is 0 Å². The van der Waals surface area contributed by atoms with Crippen molar-refractivity contribution in [2.75, 3.05) is 5.32 Å². The molecule has 0 spiro atoms. The third-order valence-corrected chi connectivity index (χ3v) is 4.76. The van der Waals surface area contributed by atoms with Crippen LogP contribution < -0.4 is 5.32 Å². The summed E-state index contributed by atoms with van der Waals surface area (Å²) in [6.07, 6.45) is 0. The van der Waals surface area contributed by atoms with Gasteiger partial charge in [-0.25, -0.2) is 4.98 Å². The van der Waals surface area contributed by atoms with E-state index in [1.165, 1.54) is 22.1 Å². The second kappa shape index (κ2) is 6.60. The lowest BCUT2D eigenvalue weighted by molar-refractivity contribution is -0.389. The van der Waals surface area contributed by atoms with Gasteiger partial charge in [-0.15, -0.1) is 0 Å². The van der Waals surface area contributed by atoms with Gasteiger partial charge in [0.1, 0.15) is 0 Å². The van der Waals surface area contributed by atoms with Crippen LogP contribution in [0.2, 0.25) is 0 Å². The van der Waals surface area contributed by atoms with Crippen LogP contribution in [-0.4, -0.2) is 25.6 Å². The molecule has 0 bridgehead atoms. The zero-order chi connectivity index (χ0) is 18.1. The molecule has 8 nitrogen and oxygen atoms in total. The number of rotatable bonds is 5. The van der Waals surface area contributed by atoms with E-state index in [0.29, 0.717) is 10.8 Å². The number of nitrogens with one attached hydrogen (secondary N) is 1. The number of fused-ring (bicyclic) bond motifs is 1. The molecule has 1 N–H and O–H groups in total. The number of carbonyl (C=O) groups excluding carboxylic acids is 1. The van der Waals surface area contributed by atoms with Gasteiger partial charge >= 0.3 is 5.82 Å². The molecule has 1 aromatic carbocycles. The highest BCUT2D eigenvalue weighted by atomic mass is 32.1. The van der Waals surface area contributed by atoms with Gasteiger partial charge in [0.05, 0.1) is 39.5 Å². The van der Waals surface area contributed by atoms with E-state index < -0.39 is 10.8 Å². The first-order valence-electron chi connectivity index (χ1n) is 7.70. The Hall–Kier alpha value is -2.81. The molecule has 0 fully saturated rings. The quantitative estimate of drug-likeness (QED) is 0.556. The van der Waals surface area contributed by atoms with Gasteiger partial charge in [-0.05, 0) is 36.5 Å². The summed E-state index contributed by atoms with van der Waals surface area (Å²) in [4.78, 5) is 27.0. The van der Waals surface area contributed by atoms with Crippen LogP contribution in [0.1, 0.15) is 18.2 Å². The minimum Gasteiger partial charge on any atom is -0.358 e. The fourth-order valence-corrected chi connectivity index (χ4v) is 3.39. The molecule has 0 radical (unpaired) electrons. The maximum atomic E-state index is 12.4. The first-order valence-corrected chi connectivity index (χ1v) is 8.52. The number of nitro groups is 1. The first kappa shape index (κ1) is 17.0. The second-order valence-electron chi connectivity index (χ2n) is 5.96. The number of carbonyl (C=O) groups is 1. The van der Waals surface area contributed by atoms with Gasteiger partial charge in [-0.3, -0.25) is 4.79 Å². The maximum Gasteiger partial charge on any atom is 0.390 e. The lowest BCUT2D eigenvalue weighted by atomic mass is 10.1.